The first-order chi connectivity index (χ1) is 10.2. The second-order valence-electron chi connectivity index (χ2n) is 6.00. The average molecular weight is 278 g/mol. The summed E-state index contributed by atoms with van der Waals surface area (Å²) in [5, 5.41) is 0. The number of amides is 1. The van der Waals surface area contributed by atoms with E-state index in [9.17, 15) is 4.79 Å². The molecule has 4 rings (SSSR count). The lowest BCUT2D eigenvalue weighted by Crippen LogP contribution is -2.35. The normalized spacial score (nSPS) is 16.9. The number of anilines is 2. The number of fused-ring (bicyclic) bond motifs is 2. The molecule has 0 bridgehead atoms. The number of nitrogens with two attached hydrogens (primary N) is 1. The lowest BCUT2D eigenvalue weighted by atomic mass is 10.0. The number of rotatable bonds is 1. The molecule has 0 fully saturated rings. The fourth-order valence-electron chi connectivity index (χ4n) is 3.60. The zero-order chi connectivity index (χ0) is 14.4. The molecule has 0 spiro atoms. The van der Waals surface area contributed by atoms with Gasteiger partial charge in [-0.15, -0.1) is 0 Å². The quantitative estimate of drug-likeness (QED) is 0.815. The number of benzene rings is 2. The van der Waals surface area contributed by atoms with Crippen LogP contribution in [0.2, 0.25) is 0 Å². The van der Waals surface area contributed by atoms with E-state index in [1.54, 1.807) is 0 Å². The number of carbonyl (C=O) groups is 1. The Morgan fingerprint density at radius 2 is 1.76 bits per heavy atom. The van der Waals surface area contributed by atoms with Crippen molar-refractivity contribution in [3.8, 4) is 0 Å². The molecule has 21 heavy (non-hydrogen) atoms. The maximum atomic E-state index is 12.9. The predicted octanol–water partition coefficient (Wildman–Crippen LogP) is 2.57. The molecule has 2 aromatic rings. The highest BCUT2D eigenvalue weighted by molar-refractivity contribution is 5.98. The van der Waals surface area contributed by atoms with Crippen LogP contribution in [0.3, 0.4) is 0 Å². The van der Waals surface area contributed by atoms with E-state index in [2.05, 4.69) is 24.3 Å². The van der Waals surface area contributed by atoms with E-state index >= 15 is 0 Å². The SMILES string of the molecule is Nc1ccc2c(c1)CCN2C(=O)C1Cc2ccccc2C1. The highest BCUT2D eigenvalue weighted by Crippen LogP contribution is 2.34. The van der Waals surface area contributed by atoms with Crippen LogP contribution < -0.4 is 10.6 Å². The zero-order valence-corrected chi connectivity index (χ0v) is 11.9. The van der Waals surface area contributed by atoms with Crippen molar-refractivity contribution in [1.29, 1.82) is 0 Å². The first-order valence-electron chi connectivity index (χ1n) is 7.49. The zero-order valence-electron chi connectivity index (χ0n) is 11.9. The van der Waals surface area contributed by atoms with E-state index in [-0.39, 0.29) is 11.8 Å². The second kappa shape index (κ2) is 4.62. The standard InChI is InChI=1S/C18H18N2O/c19-16-5-6-17-14(11-16)7-8-20(17)18(21)15-9-12-3-1-2-4-13(12)10-15/h1-6,11,15H,7-10,19H2. The topological polar surface area (TPSA) is 46.3 Å². The summed E-state index contributed by atoms with van der Waals surface area (Å²) < 4.78 is 0. The van der Waals surface area contributed by atoms with Crippen LogP contribution in [0.1, 0.15) is 16.7 Å². The van der Waals surface area contributed by atoms with Gasteiger partial charge in [0.1, 0.15) is 0 Å². The Kier molecular flexibility index (Phi) is 2.74. The van der Waals surface area contributed by atoms with Gasteiger partial charge in [0, 0.05) is 23.8 Å². The Morgan fingerprint density at radius 3 is 2.48 bits per heavy atom. The second-order valence-corrected chi connectivity index (χ2v) is 6.00. The van der Waals surface area contributed by atoms with Gasteiger partial charge in [0.15, 0.2) is 0 Å². The van der Waals surface area contributed by atoms with Gasteiger partial charge in [0.05, 0.1) is 0 Å². The van der Waals surface area contributed by atoms with Gasteiger partial charge in [0.2, 0.25) is 5.91 Å². The molecule has 2 aliphatic rings. The molecule has 2 N–H and O–H groups in total. The van der Waals surface area contributed by atoms with Crippen molar-refractivity contribution >= 4 is 17.3 Å². The van der Waals surface area contributed by atoms with Crippen molar-refractivity contribution in [2.75, 3.05) is 17.2 Å². The molecule has 1 aliphatic heterocycles. The maximum absolute atomic E-state index is 12.9. The van der Waals surface area contributed by atoms with Crippen LogP contribution in [0.5, 0.6) is 0 Å². The van der Waals surface area contributed by atoms with E-state index in [1.807, 2.05) is 23.1 Å². The number of hydrogen-bond acceptors (Lipinski definition) is 2. The molecular weight excluding hydrogens is 260 g/mol. The summed E-state index contributed by atoms with van der Waals surface area (Å²) in [6.07, 6.45) is 2.65. The van der Waals surface area contributed by atoms with Crippen LogP contribution in [-0.2, 0) is 24.1 Å². The monoisotopic (exact) mass is 278 g/mol. The Morgan fingerprint density at radius 1 is 1.05 bits per heavy atom. The van der Waals surface area contributed by atoms with E-state index in [4.69, 9.17) is 5.73 Å². The summed E-state index contributed by atoms with van der Waals surface area (Å²) in [5.74, 6) is 0.348. The molecule has 1 aliphatic carbocycles. The molecule has 2 aromatic carbocycles. The minimum Gasteiger partial charge on any atom is -0.399 e. The fraction of sp³-hybridized carbons (Fsp3) is 0.278. The summed E-state index contributed by atoms with van der Waals surface area (Å²) in [7, 11) is 0. The Hall–Kier alpha value is -2.29. The van der Waals surface area contributed by atoms with Gasteiger partial charge in [-0.25, -0.2) is 0 Å². The highest BCUT2D eigenvalue weighted by Gasteiger charge is 2.33. The van der Waals surface area contributed by atoms with Gasteiger partial charge in [-0.05, 0) is 54.2 Å². The average Bonchev–Trinajstić information content (AvgIpc) is 3.09. The molecule has 3 nitrogen and oxygen atoms in total. The number of nitrogen functional groups attached to an aromatic ring is 1. The maximum Gasteiger partial charge on any atom is 0.230 e. The van der Waals surface area contributed by atoms with Crippen LogP contribution in [-0.4, -0.2) is 12.5 Å². The van der Waals surface area contributed by atoms with Crippen LogP contribution in [0.25, 0.3) is 0 Å². The minimum atomic E-state index is 0.0888. The number of nitrogens with zero attached hydrogens (tertiary/aromatic N) is 1. The van der Waals surface area contributed by atoms with Gasteiger partial charge in [-0.1, -0.05) is 24.3 Å². The minimum absolute atomic E-state index is 0.0888. The molecule has 0 atom stereocenters. The van der Waals surface area contributed by atoms with Crippen molar-refractivity contribution in [3.05, 3.63) is 59.2 Å². The van der Waals surface area contributed by atoms with Crippen LogP contribution in [0, 0.1) is 5.92 Å². The number of carbonyl (C=O) groups excluding carboxylic acids is 1. The van der Waals surface area contributed by atoms with E-state index in [0.717, 1.165) is 37.2 Å². The van der Waals surface area contributed by atoms with Gasteiger partial charge >= 0.3 is 0 Å². The highest BCUT2D eigenvalue weighted by atomic mass is 16.2. The molecule has 0 unspecified atom stereocenters. The summed E-state index contributed by atoms with van der Waals surface area (Å²) >= 11 is 0. The summed E-state index contributed by atoms with van der Waals surface area (Å²) in [4.78, 5) is 14.8. The van der Waals surface area contributed by atoms with Gasteiger partial charge in [-0.2, -0.15) is 0 Å². The summed E-state index contributed by atoms with van der Waals surface area (Å²) in [5.41, 5.74) is 11.5. The molecule has 0 saturated heterocycles. The van der Waals surface area contributed by atoms with Crippen molar-refractivity contribution in [2.45, 2.75) is 19.3 Å². The first-order valence-corrected chi connectivity index (χ1v) is 7.49. The van der Waals surface area contributed by atoms with Crippen molar-refractivity contribution in [1.82, 2.24) is 0 Å². The van der Waals surface area contributed by atoms with Gasteiger partial charge in [0.25, 0.3) is 0 Å². The molecule has 0 aromatic heterocycles. The number of hydrogen-bond donors (Lipinski definition) is 1. The molecule has 3 heteroatoms. The van der Waals surface area contributed by atoms with E-state index in [1.165, 1.54) is 16.7 Å². The van der Waals surface area contributed by atoms with Crippen molar-refractivity contribution in [2.24, 2.45) is 5.92 Å². The molecule has 106 valence electrons. The Labute approximate surface area is 124 Å². The Balaban J connectivity index is 1.59. The third-order valence-electron chi connectivity index (χ3n) is 4.67. The predicted molar refractivity (Wildman–Crippen MR) is 84.3 cm³/mol. The lowest BCUT2D eigenvalue weighted by Gasteiger charge is -2.21. The fourth-order valence-corrected chi connectivity index (χ4v) is 3.60. The Bertz CT molecular complexity index is 698. The third-order valence-corrected chi connectivity index (χ3v) is 4.67. The molecule has 1 heterocycles. The smallest absolute Gasteiger partial charge is 0.230 e. The first kappa shape index (κ1) is 12.5. The lowest BCUT2D eigenvalue weighted by molar-refractivity contribution is -0.122. The largest absolute Gasteiger partial charge is 0.399 e. The van der Waals surface area contributed by atoms with Crippen LogP contribution >= 0.6 is 0 Å². The summed E-state index contributed by atoms with van der Waals surface area (Å²) in [6, 6.07) is 14.2. The van der Waals surface area contributed by atoms with Crippen molar-refractivity contribution < 1.29 is 4.79 Å². The molecule has 0 saturated carbocycles. The van der Waals surface area contributed by atoms with Crippen molar-refractivity contribution in [3.63, 3.8) is 0 Å². The molecule has 0 radical (unpaired) electrons. The molecular formula is C18H18N2O. The van der Waals surface area contributed by atoms with E-state index < -0.39 is 0 Å². The van der Waals surface area contributed by atoms with Crippen LogP contribution in [0.15, 0.2) is 42.5 Å². The molecule has 1 amide bonds. The van der Waals surface area contributed by atoms with E-state index in [0.29, 0.717) is 0 Å². The summed E-state index contributed by atoms with van der Waals surface area (Å²) in [6.45, 7) is 0.782. The third kappa shape index (κ3) is 2.00. The van der Waals surface area contributed by atoms with Crippen LogP contribution in [0.4, 0.5) is 11.4 Å². The van der Waals surface area contributed by atoms with Gasteiger partial charge in [-0.3, -0.25) is 4.79 Å². The van der Waals surface area contributed by atoms with Gasteiger partial charge < -0.3 is 10.6 Å².